The van der Waals surface area contributed by atoms with Crippen molar-refractivity contribution in [3.63, 3.8) is 0 Å². The third kappa shape index (κ3) is 2.73. The van der Waals surface area contributed by atoms with Crippen LogP contribution in [0.25, 0.3) is 0 Å². The van der Waals surface area contributed by atoms with Crippen molar-refractivity contribution in [2.75, 3.05) is 7.11 Å². The van der Waals surface area contributed by atoms with E-state index < -0.39 is 11.5 Å². The van der Waals surface area contributed by atoms with Gasteiger partial charge in [-0.2, -0.15) is 0 Å². The molecule has 0 spiro atoms. The number of ether oxygens (including phenoxy) is 1. The minimum Gasteiger partial charge on any atom is -0.469 e. The van der Waals surface area contributed by atoms with Gasteiger partial charge in [0.05, 0.1) is 24.8 Å². The molecule has 0 saturated heterocycles. The molecule has 0 aliphatic carbocycles. The summed E-state index contributed by atoms with van der Waals surface area (Å²) >= 11 is 0. The first-order valence-corrected chi connectivity index (χ1v) is 4.37. The van der Waals surface area contributed by atoms with Crippen LogP contribution in [0.1, 0.15) is 25.6 Å². The second-order valence-corrected chi connectivity index (χ2v) is 3.71. The lowest BCUT2D eigenvalue weighted by atomic mass is 9.83. The molecule has 86 valence electrons. The highest BCUT2D eigenvalue weighted by molar-refractivity contribution is 5.85. The topological polar surface area (TPSA) is 65.5 Å². The van der Waals surface area contributed by atoms with Crippen molar-refractivity contribution in [1.29, 1.82) is 0 Å². The molecule has 0 aliphatic heterocycles. The van der Waals surface area contributed by atoms with Crippen molar-refractivity contribution in [2.45, 2.75) is 19.9 Å². The van der Waals surface area contributed by atoms with Gasteiger partial charge in [-0.25, -0.2) is 0 Å². The van der Waals surface area contributed by atoms with Crippen molar-refractivity contribution in [1.82, 2.24) is 0 Å². The molecular weight excluding hydrogens is 218 g/mol. The van der Waals surface area contributed by atoms with E-state index in [4.69, 9.17) is 10.2 Å². The number of hydrogen-bond donors (Lipinski definition) is 1. The molecule has 4 nitrogen and oxygen atoms in total. The third-order valence-electron chi connectivity index (χ3n) is 2.34. The van der Waals surface area contributed by atoms with E-state index in [2.05, 4.69) is 4.74 Å². The summed E-state index contributed by atoms with van der Waals surface area (Å²) in [5.74, 6) is 0.238. The van der Waals surface area contributed by atoms with Gasteiger partial charge in [0.2, 0.25) is 0 Å². The minimum absolute atomic E-state index is 0. The molecule has 1 rings (SSSR count). The van der Waals surface area contributed by atoms with E-state index in [1.165, 1.54) is 13.4 Å². The van der Waals surface area contributed by atoms with Crippen molar-refractivity contribution < 1.29 is 13.9 Å². The SMILES string of the molecule is COC(=O)C(C)(C)[C@H](N)c1ccco1.Cl. The summed E-state index contributed by atoms with van der Waals surface area (Å²) in [6.07, 6.45) is 1.53. The van der Waals surface area contributed by atoms with Gasteiger partial charge in [0.1, 0.15) is 5.76 Å². The van der Waals surface area contributed by atoms with Crippen molar-refractivity contribution in [3.8, 4) is 0 Å². The maximum atomic E-state index is 11.4. The maximum Gasteiger partial charge on any atom is 0.313 e. The summed E-state index contributed by atoms with van der Waals surface area (Å²) < 4.78 is 9.82. The lowest BCUT2D eigenvalue weighted by Gasteiger charge is -2.26. The zero-order valence-corrected chi connectivity index (χ0v) is 9.84. The van der Waals surface area contributed by atoms with E-state index in [0.29, 0.717) is 5.76 Å². The zero-order chi connectivity index (χ0) is 10.8. The average Bonchev–Trinajstić information content (AvgIpc) is 2.67. The predicted molar refractivity (Wildman–Crippen MR) is 58.7 cm³/mol. The predicted octanol–water partition coefficient (Wildman–Crippen LogP) is 1.90. The van der Waals surface area contributed by atoms with Crippen LogP contribution < -0.4 is 5.73 Å². The normalized spacial score (nSPS) is 12.8. The molecule has 0 unspecified atom stereocenters. The molecule has 0 saturated carbocycles. The first-order chi connectivity index (χ1) is 6.50. The standard InChI is InChI=1S/C10H15NO3.ClH/c1-10(2,9(12)13-3)8(11)7-5-4-6-14-7;/h4-6,8H,11H2,1-3H3;1H/t8-;/m1./s1. The highest BCUT2D eigenvalue weighted by Gasteiger charge is 2.37. The minimum atomic E-state index is -0.785. The Labute approximate surface area is 95.2 Å². The Balaban J connectivity index is 0.00000196. The van der Waals surface area contributed by atoms with Gasteiger partial charge in [0.15, 0.2) is 0 Å². The second-order valence-electron chi connectivity index (χ2n) is 3.71. The molecule has 1 aromatic heterocycles. The number of furan rings is 1. The monoisotopic (exact) mass is 233 g/mol. The number of methoxy groups -OCH3 is 1. The highest BCUT2D eigenvalue weighted by Crippen LogP contribution is 2.32. The van der Waals surface area contributed by atoms with Crippen LogP contribution in [0.5, 0.6) is 0 Å². The fourth-order valence-electron chi connectivity index (χ4n) is 1.21. The van der Waals surface area contributed by atoms with Crippen LogP contribution in [0.2, 0.25) is 0 Å². The van der Waals surface area contributed by atoms with Crippen LogP contribution in [0.15, 0.2) is 22.8 Å². The number of hydrogen-bond acceptors (Lipinski definition) is 4. The Morgan fingerprint density at radius 1 is 1.60 bits per heavy atom. The number of carbonyl (C=O) groups excluding carboxylic acids is 1. The third-order valence-corrected chi connectivity index (χ3v) is 2.34. The van der Waals surface area contributed by atoms with Crippen LogP contribution in [-0.4, -0.2) is 13.1 Å². The summed E-state index contributed by atoms with van der Waals surface area (Å²) in [7, 11) is 1.35. The first kappa shape index (κ1) is 14.0. The summed E-state index contributed by atoms with van der Waals surface area (Å²) in [6, 6.07) is 2.99. The molecule has 0 aromatic carbocycles. The van der Waals surface area contributed by atoms with Gasteiger partial charge in [-0.15, -0.1) is 12.4 Å². The van der Waals surface area contributed by atoms with E-state index >= 15 is 0 Å². The second kappa shape index (κ2) is 5.19. The molecule has 5 heteroatoms. The number of rotatable bonds is 3. The Morgan fingerprint density at radius 3 is 2.60 bits per heavy atom. The van der Waals surface area contributed by atoms with Crippen LogP contribution in [0, 0.1) is 5.41 Å². The van der Waals surface area contributed by atoms with Gasteiger partial charge in [0.25, 0.3) is 0 Å². The van der Waals surface area contributed by atoms with Crippen molar-refractivity contribution in [3.05, 3.63) is 24.2 Å². The number of halogens is 1. The van der Waals surface area contributed by atoms with Crippen molar-refractivity contribution >= 4 is 18.4 Å². The number of carbonyl (C=O) groups is 1. The Kier molecular flexibility index (Phi) is 4.84. The van der Waals surface area contributed by atoms with E-state index in [9.17, 15) is 4.79 Å². The Bertz CT molecular complexity index is 308. The molecular formula is C10H16ClNO3. The van der Waals surface area contributed by atoms with Crippen LogP contribution >= 0.6 is 12.4 Å². The van der Waals surface area contributed by atoms with Crippen LogP contribution in [0.4, 0.5) is 0 Å². The van der Waals surface area contributed by atoms with Crippen LogP contribution in [0.3, 0.4) is 0 Å². The smallest absolute Gasteiger partial charge is 0.313 e. The van der Waals surface area contributed by atoms with E-state index in [-0.39, 0.29) is 18.4 Å². The summed E-state index contributed by atoms with van der Waals surface area (Å²) in [5, 5.41) is 0. The summed E-state index contributed by atoms with van der Waals surface area (Å²) in [4.78, 5) is 11.4. The van der Waals surface area contributed by atoms with Gasteiger partial charge in [-0.05, 0) is 26.0 Å². The number of esters is 1. The lowest BCUT2D eigenvalue weighted by Crippen LogP contribution is -2.37. The van der Waals surface area contributed by atoms with Gasteiger partial charge in [0, 0.05) is 0 Å². The molecule has 1 atom stereocenters. The van der Waals surface area contributed by atoms with Gasteiger partial charge in [-0.1, -0.05) is 0 Å². The van der Waals surface area contributed by atoms with Gasteiger partial charge < -0.3 is 14.9 Å². The molecule has 15 heavy (non-hydrogen) atoms. The van der Waals surface area contributed by atoms with E-state index in [1.54, 1.807) is 26.0 Å². The molecule has 0 fully saturated rings. The Hall–Kier alpha value is -1.00. The van der Waals surface area contributed by atoms with Gasteiger partial charge in [-0.3, -0.25) is 4.79 Å². The van der Waals surface area contributed by atoms with E-state index in [1.807, 2.05) is 0 Å². The average molecular weight is 234 g/mol. The first-order valence-electron chi connectivity index (χ1n) is 4.37. The number of nitrogens with two attached hydrogens (primary N) is 1. The Morgan fingerprint density at radius 2 is 2.20 bits per heavy atom. The molecule has 2 N–H and O–H groups in total. The maximum absolute atomic E-state index is 11.4. The molecule has 1 heterocycles. The van der Waals surface area contributed by atoms with E-state index in [0.717, 1.165) is 0 Å². The fraction of sp³-hybridized carbons (Fsp3) is 0.500. The van der Waals surface area contributed by atoms with Crippen LogP contribution in [-0.2, 0) is 9.53 Å². The molecule has 0 radical (unpaired) electrons. The highest BCUT2D eigenvalue weighted by atomic mass is 35.5. The zero-order valence-electron chi connectivity index (χ0n) is 9.02. The quantitative estimate of drug-likeness (QED) is 0.810. The summed E-state index contributed by atoms with van der Waals surface area (Å²) in [5.41, 5.74) is 5.11. The molecule has 0 bridgehead atoms. The van der Waals surface area contributed by atoms with Gasteiger partial charge >= 0.3 is 5.97 Å². The largest absolute Gasteiger partial charge is 0.469 e. The fourth-order valence-corrected chi connectivity index (χ4v) is 1.21. The molecule has 0 aliphatic rings. The molecule has 1 aromatic rings. The molecule has 0 amide bonds. The lowest BCUT2D eigenvalue weighted by molar-refractivity contribution is -0.152. The summed E-state index contributed by atoms with van der Waals surface area (Å²) in [6.45, 7) is 3.46. The van der Waals surface area contributed by atoms with Crippen molar-refractivity contribution in [2.24, 2.45) is 11.1 Å².